The zero-order valence-corrected chi connectivity index (χ0v) is 27.4. The molecular weight excluding hydrogens is 628 g/mol. The van der Waals surface area contributed by atoms with E-state index in [0.717, 1.165) is 20.8 Å². The molecule has 4 unspecified atom stereocenters. The molecule has 2 aromatic rings. The van der Waals surface area contributed by atoms with Crippen LogP contribution in [0.15, 0.2) is 60.7 Å². The molecule has 1 saturated heterocycles. The Hall–Kier alpha value is -4.62. The first-order valence-corrected chi connectivity index (χ1v) is 15.4. The molecule has 0 aromatic heterocycles. The van der Waals surface area contributed by atoms with Crippen molar-refractivity contribution < 1.29 is 62.3 Å². The quantitative estimate of drug-likeness (QED) is 0.322. The van der Waals surface area contributed by atoms with Gasteiger partial charge in [0, 0.05) is 27.2 Å². The van der Waals surface area contributed by atoms with Crippen LogP contribution in [0.25, 0.3) is 0 Å². The minimum atomic E-state index is -2.38. The van der Waals surface area contributed by atoms with Gasteiger partial charge in [0.25, 0.3) is 0 Å². The van der Waals surface area contributed by atoms with E-state index in [1.165, 1.54) is 45.0 Å². The molecule has 3 fully saturated rings. The Morgan fingerprint density at radius 3 is 1.77 bits per heavy atom. The van der Waals surface area contributed by atoms with Gasteiger partial charge in [0.2, 0.25) is 0 Å². The van der Waals surface area contributed by atoms with Crippen LogP contribution in [0, 0.1) is 11.3 Å². The molecular formula is C35H38O13. The average Bonchev–Trinajstić information content (AvgIpc) is 3.22. The van der Waals surface area contributed by atoms with Crippen LogP contribution in [0.1, 0.15) is 68.7 Å². The Labute approximate surface area is 276 Å². The van der Waals surface area contributed by atoms with E-state index in [2.05, 4.69) is 0 Å². The SMILES string of the molecule is CC(=O)OC[C@]12C(OC(=O)c3ccccc3)C(=O)[C@@H]3C(OC(C)=O)[C@]1(OC3(C)C)[C@](C)(O)CC(OC(C)=O)C2OC(=O)c1ccccc1. The fraction of sp³-hybridized carbons (Fsp3) is 0.486. The first-order valence-electron chi connectivity index (χ1n) is 15.4. The summed E-state index contributed by atoms with van der Waals surface area (Å²) >= 11 is 0. The third-order valence-electron chi connectivity index (χ3n) is 9.45. The summed E-state index contributed by atoms with van der Waals surface area (Å²) in [4.78, 5) is 80.3. The molecule has 2 saturated carbocycles. The van der Waals surface area contributed by atoms with Gasteiger partial charge in [-0.05, 0) is 45.0 Å². The van der Waals surface area contributed by atoms with Crippen LogP contribution in [-0.2, 0) is 47.6 Å². The van der Waals surface area contributed by atoms with Gasteiger partial charge in [-0.15, -0.1) is 0 Å². The summed E-state index contributed by atoms with van der Waals surface area (Å²) in [6.07, 6.45) is -7.32. The number of carbonyl (C=O) groups excluding carboxylic acids is 6. The highest BCUT2D eigenvalue weighted by molar-refractivity contribution is 5.96. The van der Waals surface area contributed by atoms with Gasteiger partial charge in [0.15, 0.2) is 23.6 Å². The average molecular weight is 667 g/mol. The van der Waals surface area contributed by atoms with Gasteiger partial charge in [-0.2, -0.15) is 0 Å². The molecule has 8 atom stereocenters. The predicted molar refractivity (Wildman–Crippen MR) is 163 cm³/mol. The zero-order valence-electron chi connectivity index (χ0n) is 27.4. The van der Waals surface area contributed by atoms with Gasteiger partial charge in [-0.3, -0.25) is 19.2 Å². The molecule has 2 bridgehead atoms. The number of carbonyl (C=O) groups is 6. The van der Waals surface area contributed by atoms with Gasteiger partial charge in [0.05, 0.1) is 28.2 Å². The minimum Gasteiger partial charge on any atom is -0.465 e. The Morgan fingerprint density at radius 1 is 0.750 bits per heavy atom. The van der Waals surface area contributed by atoms with Crippen LogP contribution in [0.5, 0.6) is 0 Å². The van der Waals surface area contributed by atoms with Gasteiger partial charge in [0.1, 0.15) is 24.2 Å². The Morgan fingerprint density at radius 2 is 1.27 bits per heavy atom. The second-order valence-corrected chi connectivity index (χ2v) is 13.1. The van der Waals surface area contributed by atoms with Crippen LogP contribution < -0.4 is 0 Å². The van der Waals surface area contributed by atoms with Crippen molar-refractivity contribution in [3.8, 4) is 0 Å². The first kappa shape index (κ1) is 34.7. The van der Waals surface area contributed by atoms with E-state index < -0.39 is 101 Å². The molecule has 1 heterocycles. The number of aliphatic hydroxyl groups is 1. The van der Waals surface area contributed by atoms with Gasteiger partial charge in [-0.25, -0.2) is 9.59 Å². The van der Waals surface area contributed by atoms with Crippen molar-refractivity contribution in [1.29, 1.82) is 0 Å². The maximum atomic E-state index is 14.9. The van der Waals surface area contributed by atoms with E-state index in [1.54, 1.807) is 36.4 Å². The second kappa shape index (κ2) is 12.4. The van der Waals surface area contributed by atoms with E-state index in [4.69, 9.17) is 28.4 Å². The molecule has 0 amide bonds. The van der Waals surface area contributed by atoms with E-state index in [9.17, 15) is 33.9 Å². The first-order chi connectivity index (χ1) is 22.5. The number of ketones is 1. The van der Waals surface area contributed by atoms with Crippen molar-refractivity contribution in [3.63, 3.8) is 0 Å². The van der Waals surface area contributed by atoms with Crippen LogP contribution in [0.2, 0.25) is 0 Å². The maximum absolute atomic E-state index is 14.9. The smallest absolute Gasteiger partial charge is 0.338 e. The van der Waals surface area contributed by atoms with Crippen LogP contribution >= 0.6 is 0 Å². The summed E-state index contributed by atoms with van der Waals surface area (Å²) in [6.45, 7) is 6.81. The Balaban J connectivity index is 1.85. The van der Waals surface area contributed by atoms with E-state index in [0.29, 0.717) is 0 Å². The van der Waals surface area contributed by atoms with Gasteiger partial charge in [-0.1, -0.05) is 36.4 Å². The van der Waals surface area contributed by atoms with Crippen molar-refractivity contribution in [3.05, 3.63) is 71.8 Å². The van der Waals surface area contributed by atoms with Crippen LogP contribution in [-0.4, -0.2) is 88.6 Å². The van der Waals surface area contributed by atoms with E-state index >= 15 is 0 Å². The summed E-state index contributed by atoms with van der Waals surface area (Å²) in [5.41, 5.74) is -8.23. The highest BCUT2D eigenvalue weighted by Gasteiger charge is 2.88. The second-order valence-electron chi connectivity index (χ2n) is 13.1. The lowest BCUT2D eigenvalue weighted by atomic mass is 9.46. The number of Topliss-reactive ketones (excluding diaryl/α,β-unsaturated/α-hetero) is 1. The summed E-state index contributed by atoms with van der Waals surface area (Å²) in [6, 6.07) is 15.5. The van der Waals surface area contributed by atoms with E-state index in [1.807, 2.05) is 0 Å². The number of rotatable bonds is 8. The lowest BCUT2D eigenvalue weighted by Gasteiger charge is -2.65. The highest BCUT2D eigenvalue weighted by atomic mass is 16.6. The van der Waals surface area contributed by atoms with Crippen molar-refractivity contribution in [1.82, 2.24) is 0 Å². The van der Waals surface area contributed by atoms with Crippen molar-refractivity contribution in [2.45, 2.75) is 89.2 Å². The zero-order chi connectivity index (χ0) is 35.2. The third kappa shape index (κ3) is 5.54. The fourth-order valence-corrected chi connectivity index (χ4v) is 7.84. The summed E-state index contributed by atoms with van der Waals surface area (Å²) in [5.74, 6) is -6.60. The lowest BCUT2D eigenvalue weighted by molar-refractivity contribution is -0.348. The number of esters is 5. The molecule has 2 aromatic carbocycles. The number of hydrogen-bond acceptors (Lipinski definition) is 13. The molecule has 1 aliphatic heterocycles. The number of benzene rings is 2. The van der Waals surface area contributed by atoms with Crippen molar-refractivity contribution in [2.75, 3.05) is 6.61 Å². The largest absolute Gasteiger partial charge is 0.465 e. The van der Waals surface area contributed by atoms with Gasteiger partial charge < -0.3 is 33.5 Å². The lowest BCUT2D eigenvalue weighted by Crippen LogP contribution is -2.85. The van der Waals surface area contributed by atoms with Crippen LogP contribution in [0.3, 0.4) is 0 Å². The Bertz CT molecular complexity index is 1620. The molecule has 13 heteroatoms. The topological polar surface area (TPSA) is 178 Å². The molecule has 3 aliphatic rings. The van der Waals surface area contributed by atoms with Crippen molar-refractivity contribution >= 4 is 35.6 Å². The number of ether oxygens (including phenoxy) is 6. The monoisotopic (exact) mass is 666 g/mol. The molecule has 5 rings (SSSR count). The number of hydrogen-bond donors (Lipinski definition) is 1. The summed E-state index contributed by atoms with van der Waals surface area (Å²) in [5, 5.41) is 12.6. The summed E-state index contributed by atoms with van der Waals surface area (Å²) < 4.78 is 36.0. The maximum Gasteiger partial charge on any atom is 0.338 e. The third-order valence-corrected chi connectivity index (χ3v) is 9.45. The normalized spacial score (nSPS) is 33.1. The molecule has 1 spiro atoms. The Kier molecular flexibility index (Phi) is 8.99. The van der Waals surface area contributed by atoms with Crippen molar-refractivity contribution in [2.24, 2.45) is 11.3 Å². The molecule has 1 N–H and O–H groups in total. The number of fused-ring (bicyclic) bond motifs is 1. The van der Waals surface area contributed by atoms with Gasteiger partial charge >= 0.3 is 29.8 Å². The standard InChI is InChI=1S/C35H38O13/c1-19(36)43-18-34-27(46-30(40)22-13-9-7-10-14-22)24(44-20(2)37)17-33(6,42)35(34)28(45-21(3)38)25(32(4,5)48-35)26(39)29(34)47-31(41)23-15-11-8-12-16-23/h7-16,24-25,27-29,42H,17-18H2,1-6H3/t24?,25-,27?,28?,29?,33-,34+,35+/m1/s1. The predicted octanol–water partition coefficient (Wildman–Crippen LogP) is 2.75. The molecule has 256 valence electrons. The molecule has 0 radical (unpaired) electrons. The molecule has 13 nitrogen and oxygen atoms in total. The van der Waals surface area contributed by atoms with E-state index in [-0.39, 0.29) is 11.1 Å². The minimum absolute atomic E-state index is 0.0496. The fourth-order valence-electron chi connectivity index (χ4n) is 7.84. The van der Waals surface area contributed by atoms with Crippen LogP contribution in [0.4, 0.5) is 0 Å². The molecule has 48 heavy (non-hydrogen) atoms. The molecule has 2 aliphatic carbocycles. The highest BCUT2D eigenvalue weighted by Crippen LogP contribution is 2.68. The summed E-state index contributed by atoms with van der Waals surface area (Å²) in [7, 11) is 0.